The van der Waals surface area contributed by atoms with Crippen molar-refractivity contribution in [2.24, 2.45) is 0 Å². The standard InChI is InChI=1S/C8H8Cl2O3S2/c9-7-2-1-3-8(10)6(7)4-5-14-15(11,12)13/h1-3H,4-5H2,(H-,11,12,13)/p+1. The third-order valence-electron chi connectivity index (χ3n) is 1.65. The average Bonchev–Trinajstić information content (AvgIpc) is 2.08. The number of hydrogen-bond acceptors (Lipinski definition) is 1. The minimum atomic E-state index is -3.74. The van der Waals surface area contributed by atoms with Crippen molar-refractivity contribution in [2.75, 3.05) is 5.75 Å². The van der Waals surface area contributed by atoms with E-state index in [9.17, 15) is 4.21 Å². The fourth-order valence-corrected chi connectivity index (χ4v) is 3.02. The Labute approximate surface area is 102 Å². The van der Waals surface area contributed by atoms with Crippen molar-refractivity contribution in [3.8, 4) is 0 Å². The smallest absolute Gasteiger partial charge is 0.251 e. The summed E-state index contributed by atoms with van der Waals surface area (Å²) in [5.74, 6) is 0.273. The molecule has 7 heteroatoms. The molecule has 15 heavy (non-hydrogen) atoms. The lowest BCUT2D eigenvalue weighted by Crippen LogP contribution is -2.01. The van der Waals surface area contributed by atoms with Crippen LogP contribution in [0.3, 0.4) is 0 Å². The first kappa shape index (κ1) is 13.2. The summed E-state index contributed by atoms with van der Waals surface area (Å²) in [6.07, 6.45) is 0.432. The molecular formula is C8H9Cl2O3S2+. The maximum atomic E-state index is 10.6. The Hall–Kier alpha value is 0.0900. The third kappa shape index (κ3) is 4.63. The first-order chi connectivity index (χ1) is 6.90. The van der Waals surface area contributed by atoms with Crippen LogP contribution in [0.1, 0.15) is 5.56 Å². The summed E-state index contributed by atoms with van der Waals surface area (Å²) in [6, 6.07) is 5.12. The summed E-state index contributed by atoms with van der Waals surface area (Å²) in [4.78, 5) is 0. The molecule has 0 aliphatic carbocycles. The first-order valence-corrected chi connectivity index (χ1v) is 7.69. The summed E-state index contributed by atoms with van der Waals surface area (Å²) >= 11 is 11.8. The second-order valence-electron chi connectivity index (χ2n) is 2.72. The van der Waals surface area contributed by atoms with Gasteiger partial charge in [0, 0.05) is 16.5 Å². The predicted molar refractivity (Wildman–Crippen MR) is 65.8 cm³/mol. The van der Waals surface area contributed by atoms with E-state index in [0.29, 0.717) is 26.8 Å². The van der Waals surface area contributed by atoms with Crippen LogP contribution in [0.4, 0.5) is 0 Å². The zero-order chi connectivity index (χ0) is 11.5. The molecule has 2 N–H and O–H groups in total. The van der Waals surface area contributed by atoms with Crippen LogP contribution in [-0.4, -0.2) is 19.1 Å². The minimum Gasteiger partial charge on any atom is -0.251 e. The Balaban J connectivity index is 2.79. The zero-order valence-electron chi connectivity index (χ0n) is 7.52. The van der Waals surface area contributed by atoms with Gasteiger partial charge in [-0.3, -0.25) is 9.11 Å². The molecular weight excluding hydrogens is 279 g/mol. The van der Waals surface area contributed by atoms with E-state index in [4.69, 9.17) is 32.3 Å². The van der Waals surface area contributed by atoms with Crippen molar-refractivity contribution >= 4 is 42.6 Å². The van der Waals surface area contributed by atoms with Gasteiger partial charge in [-0.15, -0.1) is 0 Å². The highest BCUT2D eigenvalue weighted by molar-refractivity contribution is 8.34. The van der Waals surface area contributed by atoms with Gasteiger partial charge in [-0.1, -0.05) is 29.3 Å². The summed E-state index contributed by atoms with van der Waals surface area (Å²) in [5, 5.41) is 1.04. The Morgan fingerprint density at radius 1 is 1.27 bits per heavy atom. The molecule has 1 rings (SSSR count). The molecule has 1 aromatic rings. The number of rotatable bonds is 3. The monoisotopic (exact) mass is 287 g/mol. The summed E-state index contributed by atoms with van der Waals surface area (Å²) in [6.45, 7) is 0. The Bertz CT molecular complexity index is 439. The highest BCUT2D eigenvalue weighted by Gasteiger charge is 2.12. The fourth-order valence-electron chi connectivity index (χ4n) is 1.02. The maximum absolute atomic E-state index is 10.6. The molecule has 0 heterocycles. The molecule has 0 amide bonds. The average molecular weight is 288 g/mol. The molecule has 0 spiro atoms. The maximum Gasteiger partial charge on any atom is 0.430 e. The van der Waals surface area contributed by atoms with E-state index in [1.54, 1.807) is 18.2 Å². The van der Waals surface area contributed by atoms with Gasteiger partial charge in [0.2, 0.25) is 0 Å². The molecule has 0 aliphatic heterocycles. The highest BCUT2D eigenvalue weighted by Crippen LogP contribution is 2.24. The van der Waals surface area contributed by atoms with Crippen molar-refractivity contribution in [3.63, 3.8) is 0 Å². The zero-order valence-corrected chi connectivity index (χ0v) is 10.7. The van der Waals surface area contributed by atoms with E-state index >= 15 is 0 Å². The quantitative estimate of drug-likeness (QED) is 0.841. The van der Waals surface area contributed by atoms with E-state index in [0.717, 1.165) is 5.56 Å². The highest BCUT2D eigenvalue weighted by atomic mass is 35.5. The normalized spacial score (nSPS) is 11.5. The van der Waals surface area contributed by atoms with Crippen LogP contribution < -0.4 is 0 Å². The van der Waals surface area contributed by atoms with Crippen LogP contribution in [0.25, 0.3) is 0 Å². The van der Waals surface area contributed by atoms with Gasteiger partial charge in [-0.2, -0.15) is 4.21 Å². The van der Waals surface area contributed by atoms with Gasteiger partial charge in [0.15, 0.2) is 5.75 Å². The van der Waals surface area contributed by atoms with Crippen molar-refractivity contribution < 1.29 is 13.3 Å². The van der Waals surface area contributed by atoms with E-state index in [1.165, 1.54) is 0 Å². The SMILES string of the molecule is O=S(O)(O)=[S+]CCc1c(Cl)cccc1Cl. The van der Waals surface area contributed by atoms with Gasteiger partial charge in [0.05, 0.1) is 0 Å². The first-order valence-electron chi connectivity index (χ1n) is 3.96. The van der Waals surface area contributed by atoms with Crippen LogP contribution in [0, 0.1) is 0 Å². The Morgan fingerprint density at radius 3 is 2.27 bits per heavy atom. The molecule has 0 unspecified atom stereocenters. The molecule has 0 fully saturated rings. The lowest BCUT2D eigenvalue weighted by molar-refractivity contribution is 0.450. The second-order valence-corrected chi connectivity index (χ2v) is 7.08. The molecule has 0 saturated carbocycles. The molecule has 0 saturated heterocycles. The molecule has 0 aliphatic rings. The topological polar surface area (TPSA) is 57.5 Å². The van der Waals surface area contributed by atoms with Gasteiger partial charge < -0.3 is 0 Å². The van der Waals surface area contributed by atoms with Crippen molar-refractivity contribution in [3.05, 3.63) is 33.8 Å². The van der Waals surface area contributed by atoms with Gasteiger partial charge in [0.1, 0.15) is 0 Å². The number of halogens is 2. The second kappa shape index (κ2) is 5.43. The van der Waals surface area contributed by atoms with E-state index < -0.39 is 9.05 Å². The van der Waals surface area contributed by atoms with Crippen molar-refractivity contribution in [1.29, 1.82) is 0 Å². The number of benzene rings is 1. The minimum absolute atomic E-state index is 0.273. The van der Waals surface area contributed by atoms with E-state index in [2.05, 4.69) is 0 Å². The lowest BCUT2D eigenvalue weighted by Gasteiger charge is -2.01. The van der Waals surface area contributed by atoms with Crippen LogP contribution in [0.2, 0.25) is 10.0 Å². The summed E-state index contributed by atoms with van der Waals surface area (Å²) in [5.41, 5.74) is 0.719. The van der Waals surface area contributed by atoms with Gasteiger partial charge >= 0.3 is 9.05 Å². The number of hydrogen-bond donors (Lipinski definition) is 2. The molecule has 0 aromatic heterocycles. The molecule has 1 aromatic carbocycles. The van der Waals surface area contributed by atoms with E-state index in [1.807, 2.05) is 0 Å². The van der Waals surface area contributed by atoms with Gasteiger partial charge in [0.25, 0.3) is 10.3 Å². The Morgan fingerprint density at radius 2 is 1.80 bits per heavy atom. The van der Waals surface area contributed by atoms with Crippen molar-refractivity contribution in [2.45, 2.75) is 6.42 Å². The predicted octanol–water partition coefficient (Wildman–Crippen LogP) is 2.76. The van der Waals surface area contributed by atoms with Crippen LogP contribution in [0.5, 0.6) is 0 Å². The van der Waals surface area contributed by atoms with Crippen LogP contribution >= 0.6 is 23.2 Å². The van der Waals surface area contributed by atoms with Gasteiger partial charge in [-0.25, -0.2) is 0 Å². The largest absolute Gasteiger partial charge is 0.430 e. The molecule has 0 radical (unpaired) electrons. The molecule has 84 valence electrons. The van der Waals surface area contributed by atoms with Gasteiger partial charge in [-0.05, 0) is 17.7 Å². The molecule has 0 bridgehead atoms. The Kier molecular flexibility index (Phi) is 4.76. The lowest BCUT2D eigenvalue weighted by atomic mass is 10.2. The van der Waals surface area contributed by atoms with E-state index in [-0.39, 0.29) is 5.75 Å². The third-order valence-corrected chi connectivity index (χ3v) is 4.46. The summed E-state index contributed by atoms with van der Waals surface area (Å²) in [7, 11) is -3.17. The summed E-state index contributed by atoms with van der Waals surface area (Å²) < 4.78 is 27.8. The molecule has 0 atom stereocenters. The van der Waals surface area contributed by atoms with Crippen LogP contribution in [0.15, 0.2) is 18.2 Å². The van der Waals surface area contributed by atoms with Crippen molar-refractivity contribution in [1.82, 2.24) is 0 Å². The van der Waals surface area contributed by atoms with Crippen LogP contribution in [-0.2, 0) is 25.8 Å². The molecule has 3 nitrogen and oxygen atoms in total. The fraction of sp³-hybridized carbons (Fsp3) is 0.250.